The van der Waals surface area contributed by atoms with Crippen molar-refractivity contribution in [3.05, 3.63) is 69.3 Å². The van der Waals surface area contributed by atoms with Crippen LogP contribution >= 0.6 is 0 Å². The summed E-state index contributed by atoms with van der Waals surface area (Å²) in [7, 11) is 0. The highest BCUT2D eigenvalue weighted by molar-refractivity contribution is 5.86. The van der Waals surface area contributed by atoms with Crippen molar-refractivity contribution in [1.29, 1.82) is 0 Å². The number of fused-ring (bicyclic) bond motifs is 5. The topological polar surface area (TPSA) is 154 Å². The number of ketones is 1. The molecule has 3 saturated carbocycles. The number of allylic oxidation sites excluding steroid dienone is 4. The lowest BCUT2D eigenvalue weighted by molar-refractivity contribution is -0.763. The standard InChI is InChI=1S/C33H42N2O9/c1-31-14-13-25(32(31,2)16-28(37)33(3)24-10-5-4-9-23(24)11-12-27(31)33)26(36)20-43-30(39)34-17-29(38)42-18-21-7-6-8-22(15-21)19-44-35(40)41/h5-10,15,24-25,27-28,37H,4,11-14,16-20H2,1-3H3,(H,34,39)/t24?,25?,27?,28-,31?,32+,33?/m0/s1. The van der Waals surface area contributed by atoms with Crippen molar-refractivity contribution in [3.63, 3.8) is 0 Å². The normalized spacial score (nSPS) is 33.6. The van der Waals surface area contributed by atoms with Crippen molar-refractivity contribution < 1.29 is 38.9 Å². The third kappa shape index (κ3) is 5.74. The molecule has 11 heteroatoms. The van der Waals surface area contributed by atoms with Crippen molar-refractivity contribution in [2.45, 2.75) is 78.6 Å². The molecule has 0 spiro atoms. The molecule has 11 nitrogen and oxygen atoms in total. The van der Waals surface area contributed by atoms with Gasteiger partial charge in [0.15, 0.2) is 12.4 Å². The number of rotatable bonds is 10. The number of nitrogens with zero attached hydrogens (tertiary/aromatic N) is 1. The van der Waals surface area contributed by atoms with Crippen LogP contribution in [-0.2, 0) is 37.1 Å². The van der Waals surface area contributed by atoms with E-state index in [2.05, 4.69) is 49.2 Å². The molecule has 0 heterocycles. The molecule has 7 atom stereocenters. The van der Waals surface area contributed by atoms with Crippen molar-refractivity contribution >= 4 is 17.8 Å². The van der Waals surface area contributed by atoms with Gasteiger partial charge in [-0.1, -0.05) is 68.8 Å². The Morgan fingerprint density at radius 3 is 2.59 bits per heavy atom. The summed E-state index contributed by atoms with van der Waals surface area (Å²) in [5.74, 6) is -0.731. The van der Waals surface area contributed by atoms with Gasteiger partial charge in [0, 0.05) is 17.3 Å². The average molecular weight is 611 g/mol. The van der Waals surface area contributed by atoms with Crippen LogP contribution in [-0.4, -0.2) is 47.3 Å². The molecule has 5 unspecified atom stereocenters. The summed E-state index contributed by atoms with van der Waals surface area (Å²) in [6.45, 7) is 5.49. The van der Waals surface area contributed by atoms with Crippen LogP contribution < -0.4 is 5.32 Å². The molecule has 1 amide bonds. The van der Waals surface area contributed by atoms with E-state index in [9.17, 15) is 29.6 Å². The first-order chi connectivity index (χ1) is 20.9. The summed E-state index contributed by atoms with van der Waals surface area (Å²) in [6.07, 6.45) is 10.4. The number of esters is 1. The van der Waals surface area contributed by atoms with E-state index >= 15 is 0 Å². The van der Waals surface area contributed by atoms with Crippen LogP contribution in [0.3, 0.4) is 0 Å². The van der Waals surface area contributed by atoms with E-state index in [4.69, 9.17) is 9.47 Å². The molecule has 0 saturated heterocycles. The number of aliphatic hydroxyl groups excluding tert-OH is 1. The van der Waals surface area contributed by atoms with E-state index in [1.807, 2.05) is 0 Å². The summed E-state index contributed by atoms with van der Waals surface area (Å²) in [6, 6.07) is 6.60. The molecular weight excluding hydrogens is 568 g/mol. The second-order valence-electron chi connectivity index (χ2n) is 13.4. The smallest absolute Gasteiger partial charge is 0.408 e. The Hall–Kier alpha value is -3.73. The number of carbonyl (C=O) groups is 3. The zero-order chi connectivity index (χ0) is 31.7. The lowest BCUT2D eigenvalue weighted by Crippen LogP contribution is -2.63. The summed E-state index contributed by atoms with van der Waals surface area (Å²) >= 11 is 0. The number of aliphatic hydroxyl groups is 1. The number of hydrogen-bond acceptors (Lipinski definition) is 9. The first-order valence-electron chi connectivity index (χ1n) is 15.4. The van der Waals surface area contributed by atoms with Gasteiger partial charge in [0.2, 0.25) is 0 Å². The molecule has 0 aliphatic heterocycles. The lowest BCUT2D eigenvalue weighted by Gasteiger charge is -2.65. The number of hydrogen-bond donors (Lipinski definition) is 2. The minimum atomic E-state index is -0.896. The first-order valence-corrected chi connectivity index (χ1v) is 15.4. The molecule has 1 aromatic rings. The summed E-state index contributed by atoms with van der Waals surface area (Å²) in [4.78, 5) is 52.7. The molecule has 4 aliphatic rings. The number of nitrogens with one attached hydrogen (secondary N) is 1. The van der Waals surface area contributed by atoms with Gasteiger partial charge in [-0.2, -0.15) is 0 Å². The average Bonchev–Trinajstić information content (AvgIpc) is 3.27. The van der Waals surface area contributed by atoms with Crippen molar-refractivity contribution in [2.75, 3.05) is 13.2 Å². The van der Waals surface area contributed by atoms with E-state index in [1.165, 1.54) is 5.57 Å². The maximum absolute atomic E-state index is 13.5. The van der Waals surface area contributed by atoms with Crippen LogP contribution in [0.1, 0.15) is 70.4 Å². The molecule has 1 aromatic carbocycles. The third-order valence-corrected chi connectivity index (χ3v) is 11.4. The summed E-state index contributed by atoms with van der Waals surface area (Å²) in [5.41, 5.74) is 1.73. The van der Waals surface area contributed by atoms with Crippen LogP contribution in [0.2, 0.25) is 0 Å². The van der Waals surface area contributed by atoms with Gasteiger partial charge in [-0.15, -0.1) is 10.1 Å². The van der Waals surface area contributed by atoms with Crippen molar-refractivity contribution in [3.8, 4) is 0 Å². The Kier molecular flexibility index (Phi) is 8.89. The lowest BCUT2D eigenvalue weighted by atomic mass is 9.39. The number of carbonyl (C=O) groups excluding carboxylic acids is 3. The van der Waals surface area contributed by atoms with Gasteiger partial charge >= 0.3 is 12.1 Å². The number of Topliss-reactive ketones (excluding diaryl/α,β-unsaturated/α-hetero) is 1. The van der Waals surface area contributed by atoms with Crippen LogP contribution in [0, 0.1) is 44.1 Å². The fourth-order valence-electron chi connectivity index (χ4n) is 8.95. The van der Waals surface area contributed by atoms with Crippen LogP contribution in [0.5, 0.6) is 0 Å². The molecule has 2 N–H and O–H groups in total. The molecule has 3 fully saturated rings. The molecule has 4 aliphatic carbocycles. The van der Waals surface area contributed by atoms with E-state index in [0.29, 0.717) is 24.0 Å². The van der Waals surface area contributed by atoms with Gasteiger partial charge in [0.25, 0.3) is 5.09 Å². The summed E-state index contributed by atoms with van der Waals surface area (Å²) in [5, 5.41) is 23.5. The number of ether oxygens (including phenoxy) is 2. The minimum absolute atomic E-state index is 0.0973. The molecule has 238 valence electrons. The highest BCUT2D eigenvalue weighted by Gasteiger charge is 2.69. The molecule has 0 radical (unpaired) electrons. The van der Waals surface area contributed by atoms with Gasteiger partial charge in [0.05, 0.1) is 6.10 Å². The second kappa shape index (κ2) is 12.3. The molecule has 0 aromatic heterocycles. The Bertz CT molecular complexity index is 1370. The van der Waals surface area contributed by atoms with Crippen LogP contribution in [0.15, 0.2) is 48.1 Å². The molecular formula is C33H42N2O9. The maximum atomic E-state index is 13.5. The monoisotopic (exact) mass is 610 g/mol. The number of benzene rings is 1. The molecule has 5 rings (SSSR count). The van der Waals surface area contributed by atoms with E-state index < -0.39 is 41.8 Å². The highest BCUT2D eigenvalue weighted by atomic mass is 16.9. The van der Waals surface area contributed by atoms with E-state index in [1.54, 1.807) is 24.3 Å². The fraction of sp³-hybridized carbons (Fsp3) is 0.606. The van der Waals surface area contributed by atoms with Crippen molar-refractivity contribution in [1.82, 2.24) is 5.32 Å². The molecule has 44 heavy (non-hydrogen) atoms. The van der Waals surface area contributed by atoms with Gasteiger partial charge in [0.1, 0.15) is 19.8 Å². The van der Waals surface area contributed by atoms with Gasteiger partial charge in [-0.05, 0) is 66.4 Å². The van der Waals surface area contributed by atoms with Crippen molar-refractivity contribution in [2.24, 2.45) is 34.0 Å². The maximum Gasteiger partial charge on any atom is 0.408 e. The van der Waals surface area contributed by atoms with Gasteiger partial charge in [-0.3, -0.25) is 9.59 Å². The largest absolute Gasteiger partial charge is 0.460 e. The van der Waals surface area contributed by atoms with Gasteiger partial charge in [-0.25, -0.2) is 4.79 Å². The second-order valence-corrected chi connectivity index (χ2v) is 13.4. The SMILES string of the molecule is CC12C3C=CCC=C3CCC1C1(C)CCC(C(=O)COC(=O)NCC(=O)OCc3cccc(CO[N+](=O)[O-])c3)[C@@]1(C)C[C@@H]2O. The third-order valence-electron chi connectivity index (χ3n) is 11.4. The first kappa shape index (κ1) is 31.7. The zero-order valence-corrected chi connectivity index (χ0v) is 25.6. The summed E-state index contributed by atoms with van der Waals surface area (Å²) < 4.78 is 10.4. The fourth-order valence-corrected chi connectivity index (χ4v) is 8.95. The Labute approximate surface area is 257 Å². The molecule has 0 bridgehead atoms. The quantitative estimate of drug-likeness (QED) is 0.164. The number of amides is 1. The predicted octanol–water partition coefficient (Wildman–Crippen LogP) is 4.84. The Balaban J connectivity index is 1.11. The van der Waals surface area contributed by atoms with E-state index in [0.717, 1.165) is 25.7 Å². The van der Waals surface area contributed by atoms with Crippen LogP contribution in [0.25, 0.3) is 0 Å². The minimum Gasteiger partial charge on any atom is -0.460 e. The van der Waals surface area contributed by atoms with Crippen LogP contribution in [0.4, 0.5) is 4.79 Å². The Morgan fingerprint density at radius 1 is 1.09 bits per heavy atom. The van der Waals surface area contributed by atoms with Gasteiger partial charge < -0.3 is 24.7 Å². The van der Waals surface area contributed by atoms with E-state index in [-0.39, 0.29) is 47.6 Å². The zero-order valence-electron chi connectivity index (χ0n) is 25.6. The number of alkyl carbamates (subject to hydrolysis) is 1. The highest BCUT2D eigenvalue weighted by Crippen LogP contribution is 2.73. The Morgan fingerprint density at radius 2 is 1.84 bits per heavy atom. The predicted molar refractivity (Wildman–Crippen MR) is 158 cm³/mol.